The van der Waals surface area contributed by atoms with E-state index in [1.54, 1.807) is 0 Å². The number of amides is 1. The van der Waals surface area contributed by atoms with E-state index < -0.39 is 31.9 Å². The van der Waals surface area contributed by atoms with E-state index in [1.165, 1.54) is 13.8 Å². The minimum absolute atomic E-state index is 0.00653. The quantitative estimate of drug-likeness (QED) is 0.745. The summed E-state index contributed by atoms with van der Waals surface area (Å²) in [4.78, 5) is 22.7. The maximum Gasteiger partial charge on any atom is 0.303 e. The van der Waals surface area contributed by atoms with Crippen LogP contribution >= 0.6 is 0 Å². The van der Waals surface area contributed by atoms with E-state index in [-0.39, 0.29) is 13.0 Å². The zero-order chi connectivity index (χ0) is 14.9. The lowest BCUT2D eigenvalue weighted by atomic mass is 9.66. The maximum atomic E-state index is 11.9. The topological polar surface area (TPSA) is 101 Å². The summed E-state index contributed by atoms with van der Waals surface area (Å²) in [6.07, 6.45) is 3.46. The van der Waals surface area contributed by atoms with E-state index >= 15 is 0 Å². The van der Waals surface area contributed by atoms with Crippen LogP contribution in [0.15, 0.2) is 0 Å². The van der Waals surface area contributed by atoms with Crippen molar-refractivity contribution >= 4 is 21.7 Å². The molecule has 0 aromatic rings. The molecule has 0 aromatic carbocycles. The second kappa shape index (κ2) is 5.11. The Morgan fingerprint density at radius 2 is 1.84 bits per heavy atom. The van der Waals surface area contributed by atoms with Crippen LogP contribution in [0.2, 0.25) is 0 Å². The molecule has 0 atom stereocenters. The van der Waals surface area contributed by atoms with Crippen LogP contribution in [-0.4, -0.2) is 42.9 Å². The first-order valence-corrected chi connectivity index (χ1v) is 8.09. The predicted molar refractivity (Wildman–Crippen MR) is 70.5 cm³/mol. The van der Waals surface area contributed by atoms with Crippen molar-refractivity contribution in [3.63, 3.8) is 0 Å². The molecule has 0 radical (unpaired) electrons. The number of rotatable bonds is 6. The average molecular weight is 291 g/mol. The van der Waals surface area contributed by atoms with Crippen LogP contribution in [0.5, 0.6) is 0 Å². The third-order valence-electron chi connectivity index (χ3n) is 4.04. The molecular weight excluding hydrogens is 270 g/mol. The smallest absolute Gasteiger partial charge is 0.303 e. The number of nitrogens with one attached hydrogen (secondary N) is 1. The standard InChI is InChI=1S/C12H21NO5S/c1-11(2,19(3,17)18)10(16)13-8-12(5-4-6-12)7-9(14)15/h4-8H2,1-3H3,(H,13,16)(H,14,15). The molecule has 19 heavy (non-hydrogen) atoms. The summed E-state index contributed by atoms with van der Waals surface area (Å²) in [5, 5.41) is 11.5. The Kier molecular flexibility index (Phi) is 4.29. The largest absolute Gasteiger partial charge is 0.481 e. The van der Waals surface area contributed by atoms with Gasteiger partial charge in [0.1, 0.15) is 4.75 Å². The number of carboxylic acid groups (broad SMARTS) is 1. The molecule has 0 heterocycles. The number of carbonyl (C=O) groups excluding carboxylic acids is 1. The molecule has 7 heteroatoms. The number of sulfone groups is 1. The molecule has 0 spiro atoms. The summed E-state index contributed by atoms with van der Waals surface area (Å²) in [5.74, 6) is -1.47. The molecule has 1 aliphatic carbocycles. The number of carbonyl (C=O) groups is 2. The fourth-order valence-electron chi connectivity index (χ4n) is 2.06. The Balaban J connectivity index is 2.66. The van der Waals surface area contributed by atoms with Crippen LogP contribution in [0.4, 0.5) is 0 Å². The molecule has 2 N–H and O–H groups in total. The van der Waals surface area contributed by atoms with Gasteiger partial charge in [0.2, 0.25) is 5.91 Å². The van der Waals surface area contributed by atoms with Crippen molar-refractivity contribution in [1.29, 1.82) is 0 Å². The SMILES string of the molecule is CC(C)(C(=O)NCC1(CC(=O)O)CCC1)S(C)(=O)=O. The molecule has 1 amide bonds. The Morgan fingerprint density at radius 1 is 1.32 bits per heavy atom. The third-order valence-corrected chi connectivity index (χ3v) is 6.08. The van der Waals surface area contributed by atoms with Crippen molar-refractivity contribution in [2.24, 2.45) is 5.41 Å². The molecule has 1 rings (SSSR count). The van der Waals surface area contributed by atoms with Crippen molar-refractivity contribution in [1.82, 2.24) is 5.32 Å². The highest BCUT2D eigenvalue weighted by atomic mass is 32.2. The number of carboxylic acids is 1. The molecule has 1 fully saturated rings. The van der Waals surface area contributed by atoms with Crippen molar-refractivity contribution < 1.29 is 23.1 Å². The van der Waals surface area contributed by atoms with Gasteiger partial charge in [0.05, 0.1) is 6.42 Å². The maximum absolute atomic E-state index is 11.9. The first-order chi connectivity index (χ1) is 8.50. The molecule has 1 saturated carbocycles. The summed E-state index contributed by atoms with van der Waals surface area (Å²) < 4.78 is 21.6. The van der Waals surface area contributed by atoms with Gasteiger partial charge in [-0.1, -0.05) is 6.42 Å². The van der Waals surface area contributed by atoms with Crippen LogP contribution in [0, 0.1) is 5.41 Å². The van der Waals surface area contributed by atoms with Gasteiger partial charge in [0.15, 0.2) is 9.84 Å². The summed E-state index contributed by atoms with van der Waals surface area (Å²) >= 11 is 0. The van der Waals surface area contributed by atoms with Gasteiger partial charge in [-0.05, 0) is 32.1 Å². The second-order valence-corrected chi connectivity index (χ2v) is 8.45. The minimum Gasteiger partial charge on any atom is -0.481 e. The van der Waals surface area contributed by atoms with Crippen LogP contribution in [0.3, 0.4) is 0 Å². The summed E-state index contributed by atoms with van der Waals surface area (Å²) in [7, 11) is -3.51. The number of hydrogen-bond acceptors (Lipinski definition) is 4. The first-order valence-electron chi connectivity index (χ1n) is 6.20. The first kappa shape index (κ1) is 15.9. The van der Waals surface area contributed by atoms with Gasteiger partial charge >= 0.3 is 5.97 Å². The highest BCUT2D eigenvalue weighted by molar-refractivity contribution is 7.92. The lowest BCUT2D eigenvalue weighted by molar-refractivity contribution is -0.142. The summed E-state index contributed by atoms with van der Waals surface area (Å²) in [5.41, 5.74) is -0.408. The highest BCUT2D eigenvalue weighted by Crippen LogP contribution is 2.43. The van der Waals surface area contributed by atoms with Gasteiger partial charge < -0.3 is 10.4 Å². The van der Waals surface area contributed by atoms with E-state index in [1.807, 2.05) is 0 Å². The van der Waals surface area contributed by atoms with E-state index in [4.69, 9.17) is 5.11 Å². The molecule has 0 saturated heterocycles. The molecule has 0 aromatic heterocycles. The monoisotopic (exact) mass is 291 g/mol. The third kappa shape index (κ3) is 3.46. The van der Waals surface area contributed by atoms with E-state index in [9.17, 15) is 18.0 Å². The molecule has 0 aliphatic heterocycles. The Bertz CT molecular complexity index is 476. The van der Waals surface area contributed by atoms with Crippen molar-refractivity contribution in [2.75, 3.05) is 12.8 Å². The van der Waals surface area contributed by atoms with Crippen molar-refractivity contribution in [3.8, 4) is 0 Å². The highest BCUT2D eigenvalue weighted by Gasteiger charge is 2.42. The Labute approximate surface area is 113 Å². The van der Waals surface area contributed by atoms with Gasteiger partial charge in [-0.2, -0.15) is 0 Å². The van der Waals surface area contributed by atoms with Crippen LogP contribution in [-0.2, 0) is 19.4 Å². The van der Waals surface area contributed by atoms with Gasteiger partial charge in [-0.25, -0.2) is 8.42 Å². The minimum atomic E-state index is -3.51. The fraction of sp³-hybridized carbons (Fsp3) is 0.833. The van der Waals surface area contributed by atoms with Gasteiger partial charge in [0.25, 0.3) is 0 Å². The predicted octanol–water partition coefficient (Wildman–Crippen LogP) is 0.571. The van der Waals surface area contributed by atoms with Gasteiger partial charge in [-0.3, -0.25) is 9.59 Å². The summed E-state index contributed by atoms with van der Waals surface area (Å²) in [6.45, 7) is 2.92. The van der Waals surface area contributed by atoms with Gasteiger partial charge in [0, 0.05) is 12.8 Å². The second-order valence-electron chi connectivity index (χ2n) is 5.89. The lowest BCUT2D eigenvalue weighted by Crippen LogP contribution is -2.52. The van der Waals surface area contributed by atoms with Crippen LogP contribution in [0.25, 0.3) is 0 Å². The Morgan fingerprint density at radius 3 is 2.16 bits per heavy atom. The van der Waals surface area contributed by atoms with Crippen molar-refractivity contribution in [3.05, 3.63) is 0 Å². The Hall–Kier alpha value is -1.11. The van der Waals surface area contributed by atoms with E-state index in [2.05, 4.69) is 5.32 Å². The molecule has 0 unspecified atom stereocenters. The fourth-order valence-corrected chi connectivity index (χ4v) is 2.47. The molecule has 1 aliphatic rings. The van der Waals surface area contributed by atoms with Crippen LogP contribution in [0.1, 0.15) is 39.5 Å². The lowest BCUT2D eigenvalue weighted by Gasteiger charge is -2.41. The molecule has 110 valence electrons. The van der Waals surface area contributed by atoms with E-state index in [0.29, 0.717) is 0 Å². The zero-order valence-corrected chi connectivity index (χ0v) is 12.3. The summed E-state index contributed by atoms with van der Waals surface area (Å²) in [6, 6.07) is 0. The molecule has 6 nitrogen and oxygen atoms in total. The molecular formula is C12H21NO5S. The van der Waals surface area contributed by atoms with E-state index in [0.717, 1.165) is 25.5 Å². The van der Waals surface area contributed by atoms with Crippen LogP contribution < -0.4 is 5.32 Å². The van der Waals surface area contributed by atoms with Crippen molar-refractivity contribution in [2.45, 2.75) is 44.3 Å². The normalized spacial score (nSPS) is 18.5. The van der Waals surface area contributed by atoms with Gasteiger partial charge in [-0.15, -0.1) is 0 Å². The average Bonchev–Trinajstić information content (AvgIpc) is 2.19. The molecule has 0 bridgehead atoms. The zero-order valence-electron chi connectivity index (χ0n) is 11.5. The number of hydrogen-bond donors (Lipinski definition) is 2. The number of aliphatic carboxylic acids is 1.